The second kappa shape index (κ2) is 6.86. The molecule has 1 aromatic carbocycles. The zero-order chi connectivity index (χ0) is 14.3. The van der Waals surface area contributed by atoms with E-state index < -0.39 is 18.2 Å². The van der Waals surface area contributed by atoms with Gasteiger partial charge in [-0.15, -0.1) is 13.2 Å². The van der Waals surface area contributed by atoms with Gasteiger partial charge in [-0.2, -0.15) is 0 Å². The lowest BCUT2D eigenvalue weighted by Gasteiger charge is -2.13. The summed E-state index contributed by atoms with van der Waals surface area (Å²) in [6.45, 7) is 2.14. The third kappa shape index (κ3) is 5.98. The van der Waals surface area contributed by atoms with Gasteiger partial charge in [-0.3, -0.25) is 5.32 Å². The van der Waals surface area contributed by atoms with Crippen molar-refractivity contribution < 1.29 is 27.4 Å². The Morgan fingerprint density at radius 2 is 2.00 bits per heavy atom. The molecule has 0 aliphatic heterocycles. The summed E-state index contributed by atoms with van der Waals surface area (Å²) in [5, 5.41) is 2.21. The summed E-state index contributed by atoms with van der Waals surface area (Å²) in [5.74, 6) is -0.484. The Morgan fingerprint density at radius 3 is 2.63 bits per heavy atom. The number of amides is 1. The van der Waals surface area contributed by atoms with Crippen molar-refractivity contribution in [2.45, 2.75) is 26.1 Å². The monoisotopic (exact) mass is 277 g/mol. The van der Waals surface area contributed by atoms with Crippen molar-refractivity contribution in [2.24, 2.45) is 0 Å². The largest absolute Gasteiger partial charge is 0.573 e. The first-order valence-corrected chi connectivity index (χ1v) is 5.71. The van der Waals surface area contributed by atoms with Crippen LogP contribution >= 0.6 is 0 Å². The molecule has 0 atom stereocenters. The minimum absolute atomic E-state index is 0.0960. The van der Waals surface area contributed by atoms with Gasteiger partial charge in [-0.05, 0) is 18.6 Å². The molecule has 0 unspecified atom stereocenters. The number of nitrogens with one attached hydrogen (secondary N) is 1. The molecule has 1 rings (SSSR count). The molecule has 4 nitrogen and oxygen atoms in total. The number of rotatable bonds is 5. The molecule has 0 aromatic heterocycles. The normalized spacial score (nSPS) is 10.9. The number of para-hydroxylation sites is 2. The first-order valence-electron chi connectivity index (χ1n) is 5.71. The molecule has 0 heterocycles. The smallest absolute Gasteiger partial charge is 0.449 e. The Kier molecular flexibility index (Phi) is 5.47. The highest BCUT2D eigenvalue weighted by Crippen LogP contribution is 2.29. The van der Waals surface area contributed by atoms with Crippen LogP contribution in [0, 0.1) is 0 Å². The van der Waals surface area contributed by atoms with E-state index in [0.29, 0.717) is 6.42 Å². The van der Waals surface area contributed by atoms with Crippen molar-refractivity contribution in [3.8, 4) is 5.75 Å². The first kappa shape index (κ1) is 15.1. The molecule has 1 aromatic rings. The Balaban J connectivity index is 2.64. The van der Waals surface area contributed by atoms with Crippen LogP contribution in [0.15, 0.2) is 24.3 Å². The molecule has 0 bridgehead atoms. The summed E-state index contributed by atoms with van der Waals surface area (Å²) in [6, 6.07) is 5.25. The zero-order valence-electron chi connectivity index (χ0n) is 10.3. The molecule has 0 radical (unpaired) electrons. The number of hydrogen-bond donors (Lipinski definition) is 1. The lowest BCUT2D eigenvalue weighted by Crippen LogP contribution is -2.20. The minimum Gasteiger partial charge on any atom is -0.449 e. The summed E-state index contributed by atoms with van der Waals surface area (Å²) in [4.78, 5) is 11.3. The highest BCUT2D eigenvalue weighted by atomic mass is 19.4. The predicted octanol–water partition coefficient (Wildman–Crippen LogP) is 3.93. The average Bonchev–Trinajstić information content (AvgIpc) is 2.30. The van der Waals surface area contributed by atoms with Crippen LogP contribution in [0.2, 0.25) is 0 Å². The van der Waals surface area contributed by atoms with E-state index in [1.807, 2.05) is 6.92 Å². The van der Waals surface area contributed by atoms with Crippen LogP contribution in [0.4, 0.5) is 23.7 Å². The maximum atomic E-state index is 12.1. The van der Waals surface area contributed by atoms with E-state index in [-0.39, 0.29) is 12.3 Å². The van der Waals surface area contributed by atoms with E-state index in [2.05, 4.69) is 10.1 Å². The van der Waals surface area contributed by atoms with Crippen molar-refractivity contribution in [1.29, 1.82) is 0 Å². The van der Waals surface area contributed by atoms with Crippen LogP contribution < -0.4 is 10.1 Å². The number of benzene rings is 1. The summed E-state index contributed by atoms with van der Waals surface area (Å²) >= 11 is 0. The van der Waals surface area contributed by atoms with Gasteiger partial charge < -0.3 is 9.47 Å². The molecule has 0 fully saturated rings. The number of alkyl halides is 3. The Labute approximate surface area is 108 Å². The quantitative estimate of drug-likeness (QED) is 0.829. The van der Waals surface area contributed by atoms with E-state index >= 15 is 0 Å². The van der Waals surface area contributed by atoms with E-state index in [4.69, 9.17) is 4.74 Å². The molecule has 0 saturated carbocycles. The second-order valence-corrected chi connectivity index (χ2v) is 3.66. The number of halogens is 3. The SMILES string of the molecule is CCCCOC(=O)Nc1ccccc1OC(F)(F)F. The van der Waals surface area contributed by atoms with E-state index in [0.717, 1.165) is 12.5 Å². The highest BCUT2D eigenvalue weighted by Gasteiger charge is 2.32. The average molecular weight is 277 g/mol. The molecule has 1 amide bonds. The Morgan fingerprint density at radius 1 is 1.32 bits per heavy atom. The molecule has 0 saturated heterocycles. The molecule has 106 valence electrons. The fourth-order valence-corrected chi connectivity index (χ4v) is 1.24. The van der Waals surface area contributed by atoms with Gasteiger partial charge in [-0.1, -0.05) is 25.5 Å². The topological polar surface area (TPSA) is 47.6 Å². The molecule has 0 aliphatic carbocycles. The number of anilines is 1. The van der Waals surface area contributed by atoms with Gasteiger partial charge in [0.1, 0.15) is 0 Å². The molecule has 0 aliphatic rings. The van der Waals surface area contributed by atoms with Crippen LogP contribution in [0.25, 0.3) is 0 Å². The molecule has 0 spiro atoms. The summed E-state index contributed by atoms with van der Waals surface area (Å²) in [7, 11) is 0. The van der Waals surface area contributed by atoms with Crippen molar-refractivity contribution in [2.75, 3.05) is 11.9 Å². The van der Waals surface area contributed by atoms with E-state index in [1.54, 1.807) is 0 Å². The Bertz CT molecular complexity index is 421. The standard InChI is InChI=1S/C12H14F3NO3/c1-2-3-8-18-11(17)16-9-6-4-5-7-10(9)19-12(13,14)15/h4-7H,2-3,8H2,1H3,(H,16,17). The van der Waals surface area contributed by atoms with Crippen molar-refractivity contribution in [3.05, 3.63) is 24.3 Å². The second-order valence-electron chi connectivity index (χ2n) is 3.66. The third-order valence-electron chi connectivity index (χ3n) is 2.08. The zero-order valence-corrected chi connectivity index (χ0v) is 10.3. The van der Waals surface area contributed by atoms with E-state index in [9.17, 15) is 18.0 Å². The molecule has 7 heteroatoms. The highest BCUT2D eigenvalue weighted by molar-refractivity contribution is 5.86. The molecular formula is C12H14F3NO3. The number of ether oxygens (including phenoxy) is 2. The maximum Gasteiger partial charge on any atom is 0.573 e. The van der Waals surface area contributed by atoms with Crippen LogP contribution in [0.3, 0.4) is 0 Å². The van der Waals surface area contributed by atoms with Gasteiger partial charge in [-0.25, -0.2) is 4.79 Å². The number of carbonyl (C=O) groups excluding carboxylic acids is 1. The maximum absolute atomic E-state index is 12.1. The number of unbranched alkanes of at least 4 members (excludes halogenated alkanes) is 1. The number of hydrogen-bond acceptors (Lipinski definition) is 3. The van der Waals surface area contributed by atoms with Crippen LogP contribution in [-0.2, 0) is 4.74 Å². The van der Waals surface area contributed by atoms with Crippen LogP contribution in [0.5, 0.6) is 5.75 Å². The van der Waals surface area contributed by atoms with Gasteiger partial charge >= 0.3 is 12.5 Å². The van der Waals surface area contributed by atoms with Crippen molar-refractivity contribution in [3.63, 3.8) is 0 Å². The summed E-state index contributed by atoms with van der Waals surface area (Å²) < 4.78 is 45.0. The van der Waals surface area contributed by atoms with Gasteiger partial charge in [0, 0.05) is 0 Å². The lowest BCUT2D eigenvalue weighted by molar-refractivity contribution is -0.274. The summed E-state index contributed by atoms with van der Waals surface area (Å²) in [6.07, 6.45) is -4.09. The first-order chi connectivity index (χ1) is 8.92. The van der Waals surface area contributed by atoms with Crippen LogP contribution in [0.1, 0.15) is 19.8 Å². The third-order valence-corrected chi connectivity index (χ3v) is 2.08. The van der Waals surface area contributed by atoms with Crippen molar-refractivity contribution in [1.82, 2.24) is 0 Å². The van der Waals surface area contributed by atoms with Gasteiger partial charge in [0.25, 0.3) is 0 Å². The van der Waals surface area contributed by atoms with Gasteiger partial charge in [0.2, 0.25) is 0 Å². The summed E-state index contributed by atoms with van der Waals surface area (Å²) in [5.41, 5.74) is -0.0960. The Hall–Kier alpha value is -1.92. The fraction of sp³-hybridized carbons (Fsp3) is 0.417. The minimum atomic E-state index is -4.82. The predicted molar refractivity (Wildman–Crippen MR) is 63.0 cm³/mol. The molecule has 19 heavy (non-hydrogen) atoms. The fourth-order valence-electron chi connectivity index (χ4n) is 1.24. The lowest BCUT2D eigenvalue weighted by atomic mass is 10.3. The van der Waals surface area contributed by atoms with Crippen LogP contribution in [-0.4, -0.2) is 19.1 Å². The van der Waals surface area contributed by atoms with Gasteiger partial charge in [0.05, 0.1) is 12.3 Å². The van der Waals surface area contributed by atoms with Gasteiger partial charge in [0.15, 0.2) is 5.75 Å². The molecule has 1 N–H and O–H groups in total. The molecular weight excluding hydrogens is 263 g/mol. The van der Waals surface area contributed by atoms with E-state index in [1.165, 1.54) is 18.2 Å². The number of carbonyl (C=O) groups is 1. The van der Waals surface area contributed by atoms with Crippen molar-refractivity contribution >= 4 is 11.8 Å².